The van der Waals surface area contributed by atoms with Crippen LogP contribution in [0.5, 0.6) is 0 Å². The molecule has 2 aromatic carbocycles. The summed E-state index contributed by atoms with van der Waals surface area (Å²) in [5.41, 5.74) is 7.95. The number of fused-ring (bicyclic) bond motifs is 3. The Morgan fingerprint density at radius 3 is 1.93 bits per heavy atom. The van der Waals surface area contributed by atoms with Gasteiger partial charge < -0.3 is 15.5 Å². The minimum absolute atomic E-state index is 0.0520. The lowest BCUT2D eigenvalue weighted by atomic mass is 10.0. The van der Waals surface area contributed by atoms with E-state index in [1.54, 1.807) is 0 Å². The Bertz CT molecular complexity index is 1180. The van der Waals surface area contributed by atoms with E-state index in [-0.39, 0.29) is 12.1 Å². The van der Waals surface area contributed by atoms with E-state index in [1.807, 2.05) is 56.6 Å². The summed E-state index contributed by atoms with van der Waals surface area (Å²) in [4.78, 5) is 15.3. The molecule has 2 aromatic rings. The molecule has 4 nitrogen and oxygen atoms in total. The first-order valence-electron chi connectivity index (χ1n) is 10.1. The molecule has 1 atom stereocenters. The van der Waals surface area contributed by atoms with Crippen molar-refractivity contribution in [2.24, 2.45) is 0 Å². The van der Waals surface area contributed by atoms with Crippen LogP contribution in [0.4, 0.5) is 11.4 Å². The number of anilines is 2. The predicted molar refractivity (Wildman–Crippen MR) is 123 cm³/mol. The highest BCUT2D eigenvalue weighted by Gasteiger charge is 2.33. The van der Waals surface area contributed by atoms with E-state index in [4.69, 9.17) is 0 Å². The van der Waals surface area contributed by atoms with E-state index < -0.39 is 0 Å². The Kier molecular flexibility index (Phi) is 4.40. The fraction of sp³-hybridized carbons (Fsp3) is 0.115. The summed E-state index contributed by atoms with van der Waals surface area (Å²) in [6.07, 6.45) is -0.283. The maximum atomic E-state index is 13.2. The third-order valence-electron chi connectivity index (χ3n) is 5.67. The molecule has 5 rings (SSSR count). The van der Waals surface area contributed by atoms with Gasteiger partial charge in [0.05, 0.1) is 11.3 Å². The SMILES string of the molecule is CN(C)c1ccc(C2NC(=O)c3c4cccccc-4c(-c4ccccc4)c3N2)cc1. The molecule has 3 aliphatic rings. The average Bonchev–Trinajstić information content (AvgIpc) is 2.90. The van der Waals surface area contributed by atoms with Crippen LogP contribution in [0, 0.1) is 0 Å². The van der Waals surface area contributed by atoms with Gasteiger partial charge in [0.1, 0.15) is 6.17 Å². The first-order valence-corrected chi connectivity index (χ1v) is 10.1. The van der Waals surface area contributed by atoms with E-state index in [0.29, 0.717) is 5.56 Å². The van der Waals surface area contributed by atoms with Crippen LogP contribution in [0.1, 0.15) is 22.1 Å². The van der Waals surface area contributed by atoms with Crippen LogP contribution in [-0.4, -0.2) is 20.0 Å². The van der Waals surface area contributed by atoms with Crippen molar-refractivity contribution in [1.82, 2.24) is 5.32 Å². The molecule has 0 aromatic heterocycles. The zero-order valence-corrected chi connectivity index (χ0v) is 17.0. The number of rotatable bonds is 3. The minimum Gasteiger partial charge on any atom is -0.378 e. The van der Waals surface area contributed by atoms with Gasteiger partial charge >= 0.3 is 0 Å². The molecule has 30 heavy (non-hydrogen) atoms. The molecule has 1 amide bonds. The molecule has 0 bridgehead atoms. The summed E-state index contributed by atoms with van der Waals surface area (Å²) in [6, 6.07) is 28.6. The molecule has 1 unspecified atom stereocenters. The number of hydrogen-bond donors (Lipinski definition) is 2. The van der Waals surface area contributed by atoms with Gasteiger partial charge in [0.15, 0.2) is 0 Å². The molecule has 148 valence electrons. The normalized spacial score (nSPS) is 15.3. The maximum Gasteiger partial charge on any atom is 0.255 e. The van der Waals surface area contributed by atoms with Gasteiger partial charge in [-0.05, 0) is 34.4 Å². The van der Waals surface area contributed by atoms with Crippen LogP contribution in [-0.2, 0) is 0 Å². The third-order valence-corrected chi connectivity index (χ3v) is 5.67. The molecular formula is C26H23N3O. The molecular weight excluding hydrogens is 370 g/mol. The molecule has 0 saturated heterocycles. The summed E-state index contributed by atoms with van der Waals surface area (Å²) in [7, 11) is 4.03. The summed E-state index contributed by atoms with van der Waals surface area (Å²) >= 11 is 0. The lowest BCUT2D eigenvalue weighted by Crippen LogP contribution is -2.38. The molecule has 4 heteroatoms. The molecule has 0 spiro atoms. The van der Waals surface area contributed by atoms with Crippen molar-refractivity contribution in [2.75, 3.05) is 24.3 Å². The second-order valence-electron chi connectivity index (χ2n) is 7.77. The Balaban J connectivity index is 1.66. The first-order chi connectivity index (χ1) is 14.6. The lowest BCUT2D eigenvalue weighted by molar-refractivity contribution is 0.0937. The molecule has 0 radical (unpaired) electrons. The van der Waals surface area contributed by atoms with Crippen molar-refractivity contribution in [3.05, 3.63) is 96.1 Å². The number of nitrogens with zero attached hydrogens (tertiary/aromatic N) is 1. The summed E-state index contributed by atoms with van der Waals surface area (Å²) in [5.74, 6) is -0.0520. The number of nitrogens with one attached hydrogen (secondary N) is 2. The van der Waals surface area contributed by atoms with E-state index in [9.17, 15) is 4.79 Å². The highest BCUT2D eigenvalue weighted by Crippen LogP contribution is 2.48. The van der Waals surface area contributed by atoms with Gasteiger partial charge in [0, 0.05) is 25.3 Å². The zero-order valence-electron chi connectivity index (χ0n) is 17.0. The Labute approximate surface area is 176 Å². The van der Waals surface area contributed by atoms with Crippen LogP contribution >= 0.6 is 0 Å². The minimum atomic E-state index is -0.283. The zero-order chi connectivity index (χ0) is 20.7. The van der Waals surface area contributed by atoms with Crippen LogP contribution in [0.3, 0.4) is 0 Å². The van der Waals surface area contributed by atoms with Crippen LogP contribution in [0.15, 0.2) is 84.9 Å². The van der Waals surface area contributed by atoms with Gasteiger partial charge in [-0.3, -0.25) is 4.79 Å². The lowest BCUT2D eigenvalue weighted by Gasteiger charge is -2.28. The molecule has 2 N–H and O–H groups in total. The largest absolute Gasteiger partial charge is 0.378 e. The smallest absolute Gasteiger partial charge is 0.255 e. The topological polar surface area (TPSA) is 44.4 Å². The van der Waals surface area contributed by atoms with Crippen molar-refractivity contribution in [3.8, 4) is 22.3 Å². The molecule has 1 heterocycles. The van der Waals surface area contributed by atoms with Crippen LogP contribution in [0.25, 0.3) is 22.3 Å². The highest BCUT2D eigenvalue weighted by molar-refractivity contribution is 6.16. The van der Waals surface area contributed by atoms with Gasteiger partial charge in [-0.25, -0.2) is 0 Å². The van der Waals surface area contributed by atoms with Crippen LogP contribution in [0.2, 0.25) is 0 Å². The maximum absolute atomic E-state index is 13.2. The first kappa shape index (κ1) is 18.3. The molecule has 0 fully saturated rings. The monoisotopic (exact) mass is 393 g/mol. The standard InChI is InChI=1S/C26H23N3O/c1-29(2)19-15-13-18(14-16-19)25-27-24-22(17-9-5-3-6-10-17)20-11-7-4-8-12-21(20)23(24)26(30)28-25/h3-16,25,27H,1-2H3,(H,28,30). The van der Waals surface area contributed by atoms with Crippen molar-refractivity contribution in [1.29, 1.82) is 0 Å². The summed E-state index contributed by atoms with van der Waals surface area (Å²) < 4.78 is 0. The number of carbonyl (C=O) groups excluding carboxylic acids is 1. The van der Waals surface area contributed by atoms with E-state index in [1.165, 1.54) is 0 Å². The molecule has 1 aliphatic heterocycles. The van der Waals surface area contributed by atoms with Crippen molar-refractivity contribution < 1.29 is 4.79 Å². The molecule has 0 saturated carbocycles. The van der Waals surface area contributed by atoms with Gasteiger partial charge in [0.25, 0.3) is 5.91 Å². The fourth-order valence-corrected chi connectivity index (χ4v) is 4.18. The Hall–Kier alpha value is -3.79. The quantitative estimate of drug-likeness (QED) is 0.491. The summed E-state index contributed by atoms with van der Waals surface area (Å²) in [5, 5.41) is 6.75. The number of hydrogen-bond acceptors (Lipinski definition) is 3. The molecule has 2 aliphatic carbocycles. The number of benzene rings is 2. The highest BCUT2D eigenvalue weighted by atomic mass is 16.2. The van der Waals surface area contributed by atoms with Crippen molar-refractivity contribution in [3.63, 3.8) is 0 Å². The van der Waals surface area contributed by atoms with Crippen LogP contribution < -0.4 is 15.5 Å². The van der Waals surface area contributed by atoms with Crippen molar-refractivity contribution >= 4 is 17.3 Å². The number of amides is 1. The average molecular weight is 393 g/mol. The van der Waals surface area contributed by atoms with Crippen molar-refractivity contribution in [2.45, 2.75) is 6.17 Å². The summed E-state index contributed by atoms with van der Waals surface area (Å²) in [6.45, 7) is 0. The third kappa shape index (κ3) is 2.98. The predicted octanol–water partition coefficient (Wildman–Crippen LogP) is 5.38. The Morgan fingerprint density at radius 1 is 0.700 bits per heavy atom. The Morgan fingerprint density at radius 2 is 1.30 bits per heavy atom. The second kappa shape index (κ2) is 7.23. The van der Waals surface area contributed by atoms with Gasteiger partial charge in [-0.1, -0.05) is 72.8 Å². The van der Waals surface area contributed by atoms with Gasteiger partial charge in [0.2, 0.25) is 0 Å². The van der Waals surface area contributed by atoms with E-state index in [0.717, 1.165) is 39.2 Å². The fourth-order valence-electron chi connectivity index (χ4n) is 4.18. The van der Waals surface area contributed by atoms with E-state index >= 15 is 0 Å². The number of carbonyl (C=O) groups is 1. The second-order valence-corrected chi connectivity index (χ2v) is 7.77. The van der Waals surface area contributed by atoms with Gasteiger partial charge in [-0.2, -0.15) is 0 Å². The van der Waals surface area contributed by atoms with Gasteiger partial charge in [-0.15, -0.1) is 0 Å². The van der Waals surface area contributed by atoms with E-state index in [2.05, 4.69) is 58.0 Å².